The number of hydrogen-bond donors (Lipinski definition) is 2. The summed E-state index contributed by atoms with van der Waals surface area (Å²) in [7, 11) is 2.10. The summed E-state index contributed by atoms with van der Waals surface area (Å²) in [5.41, 5.74) is 5.75. The first kappa shape index (κ1) is 13.4. The van der Waals surface area contributed by atoms with Crippen LogP contribution in [0.2, 0.25) is 0 Å². The fourth-order valence-electron chi connectivity index (χ4n) is 1.89. The van der Waals surface area contributed by atoms with Crippen molar-refractivity contribution in [2.24, 2.45) is 0 Å². The first-order valence-electron chi connectivity index (χ1n) is 6.12. The summed E-state index contributed by atoms with van der Waals surface area (Å²) >= 11 is 1.33. The maximum Gasteiger partial charge on any atom is 0.197 e. The van der Waals surface area contributed by atoms with Gasteiger partial charge in [0.05, 0.1) is 19.3 Å². The number of nitrogen functional groups attached to an aromatic ring is 1. The van der Waals surface area contributed by atoms with E-state index in [-0.39, 0.29) is 6.10 Å². The number of aromatic nitrogens is 1. The Morgan fingerprint density at radius 3 is 3.22 bits per heavy atom. The van der Waals surface area contributed by atoms with Crippen LogP contribution in [0.15, 0.2) is 0 Å². The molecule has 0 aliphatic carbocycles. The second-order valence-electron chi connectivity index (χ2n) is 4.30. The van der Waals surface area contributed by atoms with Crippen molar-refractivity contribution in [3.63, 3.8) is 0 Å². The molecule has 1 aromatic rings. The molecule has 0 saturated carbocycles. The molecule has 1 aliphatic heterocycles. The van der Waals surface area contributed by atoms with Crippen molar-refractivity contribution in [3.05, 3.63) is 0 Å². The second-order valence-corrected chi connectivity index (χ2v) is 5.07. The van der Waals surface area contributed by atoms with Crippen LogP contribution >= 0.6 is 11.5 Å². The summed E-state index contributed by atoms with van der Waals surface area (Å²) in [6.45, 7) is 5.97. The van der Waals surface area contributed by atoms with E-state index in [1.54, 1.807) is 0 Å². The van der Waals surface area contributed by atoms with E-state index in [0.29, 0.717) is 18.2 Å². The monoisotopic (exact) mass is 272 g/mol. The Kier molecular flexibility index (Phi) is 4.62. The van der Waals surface area contributed by atoms with Gasteiger partial charge in [0.25, 0.3) is 0 Å². The first-order valence-corrected chi connectivity index (χ1v) is 6.90. The number of anilines is 2. The summed E-state index contributed by atoms with van der Waals surface area (Å²) in [6.07, 6.45) is 0.196. The predicted molar refractivity (Wildman–Crippen MR) is 73.4 cm³/mol. The highest BCUT2D eigenvalue weighted by molar-refractivity contribution is 7.11. The summed E-state index contributed by atoms with van der Waals surface area (Å²) in [5.74, 6) is 1.11. The molecule has 7 heteroatoms. The lowest BCUT2D eigenvalue weighted by Gasteiger charge is -2.30. The standard InChI is InChI=1S/C11H20N4O2S/c1-3-16-9-10(12)14-18-11(9)13-6-8-7-15(2)4-5-17-8/h8,13H,3-7H2,1-2H3,(H2,12,14). The van der Waals surface area contributed by atoms with Gasteiger partial charge in [0.2, 0.25) is 0 Å². The molecule has 1 saturated heterocycles. The van der Waals surface area contributed by atoms with Crippen LogP contribution in [0.1, 0.15) is 6.92 Å². The maximum absolute atomic E-state index is 5.75. The Morgan fingerprint density at radius 1 is 1.67 bits per heavy atom. The molecule has 2 rings (SSSR count). The Balaban J connectivity index is 1.89. The third-order valence-electron chi connectivity index (χ3n) is 2.79. The lowest BCUT2D eigenvalue weighted by molar-refractivity contribution is -0.0117. The van der Waals surface area contributed by atoms with Crippen molar-refractivity contribution in [2.75, 3.05) is 50.9 Å². The minimum Gasteiger partial charge on any atom is -0.487 e. The highest BCUT2D eigenvalue weighted by atomic mass is 32.1. The van der Waals surface area contributed by atoms with Gasteiger partial charge in [0.15, 0.2) is 16.6 Å². The molecule has 6 nitrogen and oxygen atoms in total. The van der Waals surface area contributed by atoms with Crippen LogP contribution in [0.25, 0.3) is 0 Å². The zero-order valence-corrected chi connectivity index (χ0v) is 11.6. The molecular formula is C11H20N4O2S. The molecule has 0 bridgehead atoms. The largest absolute Gasteiger partial charge is 0.487 e. The number of morpholine rings is 1. The highest BCUT2D eigenvalue weighted by Gasteiger charge is 2.19. The summed E-state index contributed by atoms with van der Waals surface area (Å²) in [4.78, 5) is 2.26. The van der Waals surface area contributed by atoms with Gasteiger partial charge in [-0.2, -0.15) is 4.37 Å². The van der Waals surface area contributed by atoms with Gasteiger partial charge < -0.3 is 25.4 Å². The molecule has 102 valence electrons. The maximum atomic E-state index is 5.75. The molecule has 1 atom stereocenters. The van der Waals surface area contributed by atoms with Gasteiger partial charge in [-0.3, -0.25) is 0 Å². The Morgan fingerprint density at radius 2 is 2.50 bits per heavy atom. The molecule has 0 aromatic carbocycles. The van der Waals surface area contributed by atoms with Gasteiger partial charge in [-0.25, -0.2) is 0 Å². The minimum absolute atomic E-state index is 0.196. The second kappa shape index (κ2) is 6.21. The number of ether oxygens (including phenoxy) is 2. The van der Waals surface area contributed by atoms with Crippen molar-refractivity contribution in [1.29, 1.82) is 0 Å². The number of nitrogens with zero attached hydrogens (tertiary/aromatic N) is 2. The van der Waals surface area contributed by atoms with Gasteiger partial charge in [0, 0.05) is 19.6 Å². The van der Waals surface area contributed by atoms with E-state index in [2.05, 4.69) is 21.6 Å². The van der Waals surface area contributed by atoms with Crippen molar-refractivity contribution < 1.29 is 9.47 Å². The van der Waals surface area contributed by atoms with Gasteiger partial charge in [-0.05, 0) is 25.5 Å². The average molecular weight is 272 g/mol. The molecule has 0 amide bonds. The van der Waals surface area contributed by atoms with E-state index >= 15 is 0 Å². The third-order valence-corrected chi connectivity index (χ3v) is 3.60. The minimum atomic E-state index is 0.196. The first-order chi connectivity index (χ1) is 8.70. The number of rotatable bonds is 5. The van der Waals surface area contributed by atoms with E-state index in [0.717, 1.165) is 31.2 Å². The molecule has 3 N–H and O–H groups in total. The van der Waals surface area contributed by atoms with Crippen molar-refractivity contribution in [1.82, 2.24) is 9.27 Å². The Bertz CT molecular complexity index is 385. The number of likely N-dealkylation sites (N-methyl/N-ethyl adjacent to an activating group) is 1. The fourth-order valence-corrected chi connectivity index (χ4v) is 2.55. The van der Waals surface area contributed by atoms with Crippen LogP contribution in [0, 0.1) is 0 Å². The Hall–Kier alpha value is -1.05. The van der Waals surface area contributed by atoms with Crippen LogP contribution in [-0.4, -0.2) is 55.3 Å². The van der Waals surface area contributed by atoms with E-state index in [1.165, 1.54) is 11.5 Å². The normalized spacial score (nSPS) is 20.9. The molecular weight excluding hydrogens is 252 g/mol. The van der Waals surface area contributed by atoms with Crippen LogP contribution in [0.3, 0.4) is 0 Å². The molecule has 0 spiro atoms. The van der Waals surface area contributed by atoms with Crippen LogP contribution in [0.4, 0.5) is 10.8 Å². The number of nitrogens with one attached hydrogen (secondary N) is 1. The topological polar surface area (TPSA) is 72.6 Å². The molecule has 1 unspecified atom stereocenters. The predicted octanol–water partition coefficient (Wildman–Crippen LogP) is 0.866. The molecule has 18 heavy (non-hydrogen) atoms. The van der Waals surface area contributed by atoms with Gasteiger partial charge >= 0.3 is 0 Å². The van der Waals surface area contributed by atoms with E-state index in [1.807, 2.05) is 6.92 Å². The SMILES string of the molecule is CCOc1c(N)nsc1NCC1CN(C)CCO1. The van der Waals surface area contributed by atoms with Gasteiger partial charge in [-0.1, -0.05) is 0 Å². The zero-order valence-electron chi connectivity index (χ0n) is 10.8. The lowest BCUT2D eigenvalue weighted by atomic mass is 10.3. The quantitative estimate of drug-likeness (QED) is 0.828. The molecule has 0 radical (unpaired) electrons. The lowest BCUT2D eigenvalue weighted by Crippen LogP contribution is -2.43. The van der Waals surface area contributed by atoms with Crippen LogP contribution < -0.4 is 15.8 Å². The number of hydrogen-bond acceptors (Lipinski definition) is 7. The summed E-state index contributed by atoms with van der Waals surface area (Å²) in [6, 6.07) is 0. The third kappa shape index (κ3) is 3.24. The average Bonchev–Trinajstić information content (AvgIpc) is 2.69. The zero-order chi connectivity index (χ0) is 13.0. The van der Waals surface area contributed by atoms with Crippen LogP contribution in [0.5, 0.6) is 5.75 Å². The van der Waals surface area contributed by atoms with E-state index in [9.17, 15) is 0 Å². The highest BCUT2D eigenvalue weighted by Crippen LogP contribution is 2.35. The fraction of sp³-hybridized carbons (Fsp3) is 0.727. The van der Waals surface area contributed by atoms with Crippen molar-refractivity contribution >= 4 is 22.4 Å². The Labute approximate surface area is 111 Å². The smallest absolute Gasteiger partial charge is 0.197 e. The summed E-state index contributed by atoms with van der Waals surface area (Å²) in [5, 5.41) is 4.19. The molecule has 2 heterocycles. The van der Waals surface area contributed by atoms with Gasteiger partial charge in [-0.15, -0.1) is 0 Å². The van der Waals surface area contributed by atoms with Crippen molar-refractivity contribution in [3.8, 4) is 5.75 Å². The molecule has 1 fully saturated rings. The van der Waals surface area contributed by atoms with E-state index in [4.69, 9.17) is 15.2 Å². The van der Waals surface area contributed by atoms with Crippen LogP contribution in [-0.2, 0) is 4.74 Å². The van der Waals surface area contributed by atoms with E-state index < -0.39 is 0 Å². The molecule has 1 aromatic heterocycles. The van der Waals surface area contributed by atoms with Crippen molar-refractivity contribution in [2.45, 2.75) is 13.0 Å². The molecule has 1 aliphatic rings. The summed E-state index contributed by atoms with van der Waals surface area (Å²) < 4.78 is 15.3. The van der Waals surface area contributed by atoms with Gasteiger partial charge in [0.1, 0.15) is 0 Å². The number of nitrogens with two attached hydrogens (primary N) is 1.